The van der Waals surface area contributed by atoms with E-state index in [0.29, 0.717) is 22.1 Å². The fourth-order valence-electron chi connectivity index (χ4n) is 2.68. The van der Waals surface area contributed by atoms with Crippen LogP contribution in [0.1, 0.15) is 23.1 Å². The predicted molar refractivity (Wildman–Crippen MR) is 110 cm³/mol. The summed E-state index contributed by atoms with van der Waals surface area (Å²) in [6.07, 6.45) is 2.80. The highest BCUT2D eigenvalue weighted by molar-refractivity contribution is 7.11. The van der Waals surface area contributed by atoms with Gasteiger partial charge in [0.2, 0.25) is 0 Å². The molecule has 27 heavy (non-hydrogen) atoms. The Kier molecular flexibility index (Phi) is 5.90. The number of hydrogen-bond donors (Lipinski definition) is 0. The number of ether oxygens (including phenoxy) is 2. The Labute approximate surface area is 163 Å². The number of methoxy groups -OCH3 is 2. The minimum Gasteiger partial charge on any atom is -0.497 e. The van der Waals surface area contributed by atoms with Gasteiger partial charge in [0.25, 0.3) is 0 Å². The van der Waals surface area contributed by atoms with Gasteiger partial charge >= 0.3 is 0 Å². The van der Waals surface area contributed by atoms with Crippen molar-refractivity contribution in [3.63, 3.8) is 0 Å². The third-order valence-corrected chi connectivity index (χ3v) is 5.13. The Morgan fingerprint density at radius 3 is 2.56 bits per heavy atom. The Morgan fingerprint density at radius 1 is 1.15 bits per heavy atom. The van der Waals surface area contributed by atoms with E-state index in [1.165, 1.54) is 16.9 Å². The van der Waals surface area contributed by atoms with E-state index in [9.17, 15) is 5.26 Å². The van der Waals surface area contributed by atoms with Gasteiger partial charge in [0.1, 0.15) is 22.6 Å². The fraction of sp³-hybridized carbons (Fsp3) is 0.182. The summed E-state index contributed by atoms with van der Waals surface area (Å²) in [6.45, 7) is 2.13. The molecule has 0 bridgehead atoms. The van der Waals surface area contributed by atoms with Gasteiger partial charge in [-0.25, -0.2) is 4.98 Å². The van der Waals surface area contributed by atoms with E-state index < -0.39 is 0 Å². The minimum atomic E-state index is 0.500. The highest BCUT2D eigenvalue weighted by Gasteiger charge is 2.11. The second-order valence-electron chi connectivity index (χ2n) is 5.87. The molecule has 3 aromatic rings. The number of nitriles is 1. The average Bonchev–Trinajstić information content (AvgIpc) is 3.22. The Balaban J connectivity index is 1.93. The molecule has 1 heterocycles. The van der Waals surface area contributed by atoms with Crippen LogP contribution < -0.4 is 9.47 Å². The van der Waals surface area contributed by atoms with Crippen LogP contribution in [0.25, 0.3) is 22.9 Å². The molecular weight excluding hydrogens is 356 g/mol. The summed E-state index contributed by atoms with van der Waals surface area (Å²) in [5, 5.41) is 12.3. The van der Waals surface area contributed by atoms with Crippen molar-refractivity contribution in [2.45, 2.75) is 13.3 Å². The van der Waals surface area contributed by atoms with Gasteiger partial charge < -0.3 is 9.47 Å². The standard InChI is InChI=1S/C22H20N2O2S/c1-4-15-5-7-16(8-6-15)20-14-27-22(24-20)18(13-23)11-17-9-10-19(25-2)12-21(17)26-3/h5-12,14H,4H2,1-3H3. The van der Waals surface area contributed by atoms with E-state index in [1.54, 1.807) is 26.4 Å². The van der Waals surface area contributed by atoms with Gasteiger partial charge in [-0.15, -0.1) is 11.3 Å². The van der Waals surface area contributed by atoms with Crippen molar-refractivity contribution in [3.05, 3.63) is 64.0 Å². The van der Waals surface area contributed by atoms with Gasteiger partial charge in [-0.2, -0.15) is 5.26 Å². The van der Waals surface area contributed by atoms with Crippen molar-refractivity contribution < 1.29 is 9.47 Å². The van der Waals surface area contributed by atoms with Crippen LogP contribution in [0, 0.1) is 11.3 Å². The molecular formula is C22H20N2O2S. The van der Waals surface area contributed by atoms with Crippen molar-refractivity contribution in [1.29, 1.82) is 5.26 Å². The van der Waals surface area contributed by atoms with Crippen LogP contribution in [0.15, 0.2) is 47.8 Å². The normalized spacial score (nSPS) is 11.1. The third-order valence-electron chi connectivity index (χ3n) is 4.25. The summed E-state index contributed by atoms with van der Waals surface area (Å²) in [6, 6.07) is 16.1. The molecule has 3 rings (SSSR count). The number of aryl methyl sites for hydroxylation is 1. The zero-order valence-electron chi connectivity index (χ0n) is 15.5. The van der Waals surface area contributed by atoms with Gasteiger partial charge in [0.05, 0.1) is 25.5 Å². The Bertz CT molecular complexity index is 998. The first-order chi connectivity index (χ1) is 13.2. The van der Waals surface area contributed by atoms with Crippen LogP contribution in [0.5, 0.6) is 11.5 Å². The van der Waals surface area contributed by atoms with Crippen LogP contribution >= 0.6 is 11.3 Å². The molecule has 0 saturated heterocycles. The number of thiazole rings is 1. The number of benzene rings is 2. The lowest BCUT2D eigenvalue weighted by Crippen LogP contribution is -1.90. The quantitative estimate of drug-likeness (QED) is 0.537. The van der Waals surface area contributed by atoms with Crippen molar-refractivity contribution in [3.8, 4) is 28.8 Å². The Hall–Kier alpha value is -3.10. The van der Waals surface area contributed by atoms with Crippen LogP contribution in [-0.4, -0.2) is 19.2 Å². The van der Waals surface area contributed by atoms with E-state index in [4.69, 9.17) is 9.47 Å². The van der Waals surface area contributed by atoms with Crippen LogP contribution in [0.3, 0.4) is 0 Å². The maximum atomic E-state index is 9.64. The summed E-state index contributed by atoms with van der Waals surface area (Å²) in [5.74, 6) is 1.35. The molecule has 0 aliphatic rings. The molecule has 0 fully saturated rings. The van der Waals surface area contributed by atoms with Gasteiger partial charge in [0.15, 0.2) is 0 Å². The van der Waals surface area contributed by atoms with E-state index in [2.05, 4.69) is 42.2 Å². The van der Waals surface area contributed by atoms with E-state index >= 15 is 0 Å². The molecule has 1 aromatic heterocycles. The van der Waals surface area contributed by atoms with Gasteiger partial charge in [0, 0.05) is 22.6 Å². The average molecular weight is 376 g/mol. The lowest BCUT2D eigenvalue weighted by atomic mass is 10.1. The van der Waals surface area contributed by atoms with E-state index in [0.717, 1.165) is 23.2 Å². The molecule has 0 atom stereocenters. The first-order valence-electron chi connectivity index (χ1n) is 8.57. The van der Waals surface area contributed by atoms with Crippen molar-refractivity contribution in [1.82, 2.24) is 4.98 Å². The highest BCUT2D eigenvalue weighted by Crippen LogP contribution is 2.31. The second-order valence-corrected chi connectivity index (χ2v) is 6.72. The minimum absolute atomic E-state index is 0.500. The molecule has 136 valence electrons. The summed E-state index contributed by atoms with van der Waals surface area (Å²) >= 11 is 1.46. The van der Waals surface area contributed by atoms with Gasteiger partial charge in [-0.3, -0.25) is 0 Å². The van der Waals surface area contributed by atoms with Crippen molar-refractivity contribution >= 4 is 23.0 Å². The second kappa shape index (κ2) is 8.52. The molecule has 0 amide bonds. The smallest absolute Gasteiger partial charge is 0.134 e. The lowest BCUT2D eigenvalue weighted by Gasteiger charge is -2.07. The number of nitrogens with zero attached hydrogens (tertiary/aromatic N) is 2. The molecule has 5 heteroatoms. The summed E-state index contributed by atoms with van der Waals surface area (Å²) in [5.41, 5.74) is 4.52. The van der Waals surface area contributed by atoms with Gasteiger partial charge in [-0.1, -0.05) is 31.2 Å². The molecule has 0 saturated carbocycles. The third kappa shape index (κ3) is 4.18. The summed E-state index contributed by atoms with van der Waals surface area (Å²) in [4.78, 5) is 4.65. The maximum absolute atomic E-state index is 9.64. The fourth-order valence-corrected chi connectivity index (χ4v) is 3.47. The zero-order valence-corrected chi connectivity index (χ0v) is 16.3. The zero-order chi connectivity index (χ0) is 19.2. The molecule has 0 unspecified atom stereocenters. The lowest BCUT2D eigenvalue weighted by molar-refractivity contribution is 0.394. The topological polar surface area (TPSA) is 55.1 Å². The molecule has 0 aliphatic carbocycles. The number of rotatable bonds is 6. The monoisotopic (exact) mass is 376 g/mol. The molecule has 0 spiro atoms. The maximum Gasteiger partial charge on any atom is 0.134 e. The number of hydrogen-bond acceptors (Lipinski definition) is 5. The molecule has 0 radical (unpaired) electrons. The van der Waals surface area contributed by atoms with E-state index in [1.807, 2.05) is 17.5 Å². The number of aromatic nitrogens is 1. The SMILES string of the molecule is CCc1ccc(-c2csc(C(C#N)=Cc3ccc(OC)cc3OC)n2)cc1. The first kappa shape index (κ1) is 18.7. The highest BCUT2D eigenvalue weighted by atomic mass is 32.1. The molecule has 0 aliphatic heterocycles. The largest absolute Gasteiger partial charge is 0.497 e. The van der Waals surface area contributed by atoms with Gasteiger partial charge in [-0.05, 0) is 30.2 Å². The molecule has 4 nitrogen and oxygen atoms in total. The Morgan fingerprint density at radius 2 is 1.93 bits per heavy atom. The molecule has 2 aromatic carbocycles. The van der Waals surface area contributed by atoms with Crippen LogP contribution in [0.4, 0.5) is 0 Å². The molecule has 0 N–H and O–H groups in total. The summed E-state index contributed by atoms with van der Waals surface area (Å²) in [7, 11) is 3.20. The van der Waals surface area contributed by atoms with E-state index in [-0.39, 0.29) is 0 Å². The summed E-state index contributed by atoms with van der Waals surface area (Å²) < 4.78 is 10.6. The van der Waals surface area contributed by atoms with Crippen LogP contribution in [0.2, 0.25) is 0 Å². The van der Waals surface area contributed by atoms with Crippen LogP contribution in [-0.2, 0) is 6.42 Å². The predicted octanol–water partition coefficient (Wildman–Crippen LogP) is 5.45. The van der Waals surface area contributed by atoms with Crippen molar-refractivity contribution in [2.75, 3.05) is 14.2 Å². The number of allylic oxidation sites excluding steroid dienone is 1. The van der Waals surface area contributed by atoms with Crippen molar-refractivity contribution in [2.24, 2.45) is 0 Å². The first-order valence-corrected chi connectivity index (χ1v) is 9.45.